The number of nitrogens with two attached hydrogens (primary N) is 1. The molecule has 0 radical (unpaired) electrons. The van der Waals surface area contributed by atoms with Crippen LogP contribution in [-0.4, -0.2) is 106 Å². The highest BCUT2D eigenvalue weighted by Gasteiger charge is 2.29. The summed E-state index contributed by atoms with van der Waals surface area (Å²) in [6.45, 7) is 6.97. The molecule has 0 saturated carbocycles. The summed E-state index contributed by atoms with van der Waals surface area (Å²) in [6.07, 6.45) is 0.325. The first-order valence-electron chi connectivity index (χ1n) is 12.3. The number of rotatable bonds is 18. The van der Waals surface area contributed by atoms with Crippen LogP contribution in [0.25, 0.3) is 0 Å². The molecule has 1 rings (SSSR count). The minimum Gasteiger partial charge on any atom is -0.443 e. The van der Waals surface area contributed by atoms with E-state index in [0.717, 1.165) is 25.9 Å². The number of carbonyl (C=O) groups excluding carboxylic acids is 5. The van der Waals surface area contributed by atoms with Gasteiger partial charge in [-0.15, -0.1) is 0 Å². The van der Waals surface area contributed by atoms with Gasteiger partial charge in [0.2, 0.25) is 11.8 Å². The predicted octanol–water partition coefficient (Wildman–Crippen LogP) is 0.0718. The van der Waals surface area contributed by atoms with Gasteiger partial charge in [0.05, 0.1) is 52.5 Å². The van der Waals surface area contributed by atoms with Crippen molar-refractivity contribution in [2.45, 2.75) is 51.6 Å². The predicted molar refractivity (Wildman–Crippen MR) is 129 cm³/mol. The summed E-state index contributed by atoms with van der Waals surface area (Å²) in [5.74, 6) is -1.13. The van der Waals surface area contributed by atoms with Crippen molar-refractivity contribution in [1.82, 2.24) is 15.5 Å². The van der Waals surface area contributed by atoms with Crippen LogP contribution in [0.3, 0.4) is 0 Å². The number of primary amides is 1. The van der Waals surface area contributed by atoms with Gasteiger partial charge < -0.3 is 45.0 Å². The van der Waals surface area contributed by atoms with E-state index in [-0.39, 0.29) is 57.4 Å². The van der Waals surface area contributed by atoms with Crippen molar-refractivity contribution < 1.29 is 47.7 Å². The monoisotopic (exact) mass is 532 g/mol. The number of hydrogen-bond donors (Lipinski definition) is 3. The van der Waals surface area contributed by atoms with Gasteiger partial charge in [0.25, 0.3) is 0 Å². The quantitative estimate of drug-likeness (QED) is 0.124. The Morgan fingerprint density at radius 1 is 0.811 bits per heavy atom. The van der Waals surface area contributed by atoms with Gasteiger partial charge in [0.1, 0.15) is 5.60 Å². The molecule has 0 bridgehead atoms. The Kier molecular flexibility index (Phi) is 15.9. The van der Waals surface area contributed by atoms with Gasteiger partial charge in [-0.1, -0.05) is 0 Å². The van der Waals surface area contributed by atoms with E-state index in [1.807, 2.05) is 0 Å². The first-order valence-corrected chi connectivity index (χ1v) is 12.3. The van der Waals surface area contributed by atoms with E-state index >= 15 is 0 Å². The molecular weight excluding hydrogens is 492 g/mol. The summed E-state index contributed by atoms with van der Waals surface area (Å²) >= 11 is 0. The van der Waals surface area contributed by atoms with Crippen LogP contribution in [0.4, 0.5) is 9.59 Å². The standard InChI is InChI=1S/C23H40N4O10/c1-23(2,17-19(29)27-9-3-4-10-27)37-22(32)26-8-12-34-14-16-35-15-13-33-11-6-18(28)25-7-5-20(30)36-21(24)31/h3-17H2,1-2H3,(H2,24,31)(H,25,28)(H,26,32). The number of nitrogens with zero attached hydrogens (tertiary/aromatic N) is 1. The van der Waals surface area contributed by atoms with Crippen molar-refractivity contribution in [3.05, 3.63) is 0 Å². The smallest absolute Gasteiger partial charge is 0.412 e. The Morgan fingerprint density at radius 3 is 2.03 bits per heavy atom. The molecule has 37 heavy (non-hydrogen) atoms. The minimum absolute atomic E-state index is 0.00521. The molecular formula is C23H40N4O10. The molecule has 1 fully saturated rings. The maximum Gasteiger partial charge on any atom is 0.412 e. The van der Waals surface area contributed by atoms with Crippen LogP contribution in [0.5, 0.6) is 0 Å². The van der Waals surface area contributed by atoms with Crippen LogP contribution in [0.2, 0.25) is 0 Å². The van der Waals surface area contributed by atoms with E-state index in [2.05, 4.69) is 15.4 Å². The summed E-state index contributed by atoms with van der Waals surface area (Å²) in [5, 5.41) is 5.08. The molecule has 0 aromatic carbocycles. The van der Waals surface area contributed by atoms with Crippen molar-refractivity contribution in [3.63, 3.8) is 0 Å². The average Bonchev–Trinajstić information content (AvgIpc) is 3.34. The topological polar surface area (TPSA) is 185 Å². The normalized spacial score (nSPS) is 13.2. The molecule has 14 nitrogen and oxygen atoms in total. The number of nitrogens with one attached hydrogen (secondary N) is 2. The molecule has 0 unspecified atom stereocenters. The highest BCUT2D eigenvalue weighted by Crippen LogP contribution is 2.18. The summed E-state index contributed by atoms with van der Waals surface area (Å²) in [7, 11) is 0. The van der Waals surface area contributed by atoms with Gasteiger partial charge in [-0.05, 0) is 26.7 Å². The molecule has 212 valence electrons. The number of hydrogen-bond acceptors (Lipinski definition) is 10. The molecule has 0 aromatic rings. The van der Waals surface area contributed by atoms with E-state index in [0.29, 0.717) is 26.4 Å². The molecule has 1 aliphatic rings. The van der Waals surface area contributed by atoms with Crippen molar-refractivity contribution in [3.8, 4) is 0 Å². The van der Waals surface area contributed by atoms with E-state index in [1.165, 1.54) is 0 Å². The molecule has 0 aromatic heterocycles. The fraction of sp³-hybridized carbons (Fsp3) is 0.783. The lowest BCUT2D eigenvalue weighted by atomic mass is 10.0. The first-order chi connectivity index (χ1) is 17.6. The maximum absolute atomic E-state index is 12.2. The second-order valence-electron chi connectivity index (χ2n) is 8.82. The number of carbonyl (C=O) groups is 5. The van der Waals surface area contributed by atoms with Crippen LogP contribution < -0.4 is 16.4 Å². The minimum atomic E-state index is -1.18. The Balaban J connectivity index is 1.90. The SMILES string of the molecule is CC(C)(CC(=O)N1CCCC1)OC(=O)NCCOCCOCCOCCC(=O)NCCC(=O)OC(N)=O. The summed E-state index contributed by atoms with van der Waals surface area (Å²) in [6, 6.07) is 0. The lowest BCUT2D eigenvalue weighted by molar-refractivity contribution is -0.137. The fourth-order valence-electron chi connectivity index (χ4n) is 3.25. The van der Waals surface area contributed by atoms with Gasteiger partial charge in [0.15, 0.2) is 0 Å². The molecule has 0 aliphatic carbocycles. The second-order valence-corrected chi connectivity index (χ2v) is 8.82. The summed E-state index contributed by atoms with van der Waals surface area (Å²) < 4.78 is 25.5. The third-order valence-electron chi connectivity index (χ3n) is 5.00. The molecule has 4 N–H and O–H groups in total. The van der Waals surface area contributed by atoms with Crippen LogP contribution in [0.15, 0.2) is 0 Å². The second kappa shape index (κ2) is 18.3. The van der Waals surface area contributed by atoms with E-state index in [1.54, 1.807) is 18.7 Å². The van der Waals surface area contributed by atoms with Crippen LogP contribution in [0, 0.1) is 0 Å². The lowest BCUT2D eigenvalue weighted by Gasteiger charge is -2.27. The van der Waals surface area contributed by atoms with E-state index < -0.39 is 23.8 Å². The molecule has 1 heterocycles. The molecule has 0 atom stereocenters. The van der Waals surface area contributed by atoms with Crippen LogP contribution in [-0.2, 0) is 38.1 Å². The largest absolute Gasteiger partial charge is 0.443 e. The van der Waals surface area contributed by atoms with Gasteiger partial charge in [-0.3, -0.25) is 14.4 Å². The molecule has 1 aliphatic heterocycles. The van der Waals surface area contributed by atoms with Gasteiger partial charge >= 0.3 is 18.2 Å². The molecule has 14 heteroatoms. The zero-order chi connectivity index (χ0) is 27.5. The van der Waals surface area contributed by atoms with Crippen molar-refractivity contribution in [2.75, 3.05) is 65.8 Å². The third-order valence-corrected chi connectivity index (χ3v) is 5.00. The molecule has 1 saturated heterocycles. The molecule has 4 amide bonds. The number of alkyl carbamates (subject to hydrolysis) is 1. The Hall–Kier alpha value is -2.97. The number of esters is 1. The van der Waals surface area contributed by atoms with Crippen molar-refractivity contribution >= 4 is 30.0 Å². The Morgan fingerprint density at radius 2 is 1.41 bits per heavy atom. The van der Waals surface area contributed by atoms with Gasteiger partial charge in [-0.2, -0.15) is 0 Å². The summed E-state index contributed by atoms with van der Waals surface area (Å²) in [4.78, 5) is 59.0. The fourth-order valence-corrected chi connectivity index (χ4v) is 3.25. The zero-order valence-corrected chi connectivity index (χ0v) is 21.7. The van der Waals surface area contributed by atoms with Crippen molar-refractivity contribution in [1.29, 1.82) is 0 Å². The zero-order valence-electron chi connectivity index (χ0n) is 21.7. The third kappa shape index (κ3) is 17.2. The lowest BCUT2D eigenvalue weighted by Crippen LogP contribution is -2.40. The summed E-state index contributed by atoms with van der Waals surface area (Å²) in [5.41, 5.74) is 3.80. The highest BCUT2D eigenvalue weighted by molar-refractivity contribution is 5.84. The number of likely N-dealkylation sites (tertiary alicyclic amines) is 1. The Bertz CT molecular complexity index is 741. The van der Waals surface area contributed by atoms with Gasteiger partial charge in [-0.25, -0.2) is 9.59 Å². The highest BCUT2D eigenvalue weighted by atomic mass is 16.6. The molecule has 0 spiro atoms. The Labute approximate surface area is 216 Å². The van der Waals surface area contributed by atoms with E-state index in [9.17, 15) is 24.0 Å². The van der Waals surface area contributed by atoms with Gasteiger partial charge in [0, 0.05) is 32.6 Å². The van der Waals surface area contributed by atoms with Crippen LogP contribution in [0.1, 0.15) is 46.0 Å². The van der Waals surface area contributed by atoms with Crippen molar-refractivity contribution in [2.24, 2.45) is 5.73 Å². The maximum atomic E-state index is 12.2. The number of amides is 4. The number of ether oxygens (including phenoxy) is 5. The van der Waals surface area contributed by atoms with E-state index in [4.69, 9.17) is 24.7 Å². The first kappa shape index (κ1) is 32.1. The van der Waals surface area contributed by atoms with Crippen LogP contribution >= 0.6 is 0 Å². The average molecular weight is 533 g/mol.